The van der Waals surface area contributed by atoms with Crippen molar-refractivity contribution >= 4 is 28.7 Å². The van der Waals surface area contributed by atoms with Crippen LogP contribution in [0.1, 0.15) is 25.8 Å². The van der Waals surface area contributed by atoms with E-state index in [1.807, 2.05) is 4.90 Å². The van der Waals surface area contributed by atoms with Crippen molar-refractivity contribution in [3.8, 4) is 5.75 Å². The molecule has 160 valence electrons. The van der Waals surface area contributed by atoms with E-state index in [0.29, 0.717) is 37.4 Å². The highest BCUT2D eigenvalue weighted by Gasteiger charge is 2.29. The average Bonchev–Trinajstić information content (AvgIpc) is 3.54. The SMILES string of the molecule is CC(N)C(=O)N1CCN(c2cc3c(cc2F)c(=O)c(OC(=O)O)cn3C2CC2)CC1. The topological polar surface area (TPSA) is 118 Å². The van der Waals surface area contributed by atoms with Crippen LogP contribution in [0.4, 0.5) is 14.9 Å². The van der Waals surface area contributed by atoms with Gasteiger partial charge in [-0.1, -0.05) is 0 Å². The van der Waals surface area contributed by atoms with Gasteiger partial charge in [-0.3, -0.25) is 9.59 Å². The molecule has 2 aliphatic rings. The van der Waals surface area contributed by atoms with Crippen molar-refractivity contribution in [3.05, 3.63) is 34.4 Å². The molecule has 1 amide bonds. The van der Waals surface area contributed by atoms with Crippen molar-refractivity contribution in [3.63, 3.8) is 0 Å². The van der Waals surface area contributed by atoms with Gasteiger partial charge < -0.3 is 29.9 Å². The van der Waals surface area contributed by atoms with E-state index in [1.54, 1.807) is 22.5 Å². The Morgan fingerprint density at radius 3 is 2.47 bits per heavy atom. The van der Waals surface area contributed by atoms with Crippen molar-refractivity contribution in [2.75, 3.05) is 31.1 Å². The van der Waals surface area contributed by atoms with Gasteiger partial charge in [-0.15, -0.1) is 0 Å². The molecule has 1 unspecified atom stereocenters. The third kappa shape index (κ3) is 3.70. The molecule has 0 spiro atoms. The number of aromatic nitrogens is 1. The van der Waals surface area contributed by atoms with Crippen LogP contribution in [0.25, 0.3) is 10.9 Å². The molecule has 1 aliphatic carbocycles. The minimum Gasteiger partial charge on any atom is -0.449 e. The molecule has 10 heteroatoms. The molecule has 9 nitrogen and oxygen atoms in total. The first-order valence-corrected chi connectivity index (χ1v) is 9.84. The fourth-order valence-electron chi connectivity index (χ4n) is 3.85. The zero-order valence-corrected chi connectivity index (χ0v) is 16.5. The van der Waals surface area contributed by atoms with Crippen LogP contribution in [0.15, 0.2) is 23.1 Å². The number of nitrogens with two attached hydrogens (primary N) is 1. The number of anilines is 1. The van der Waals surface area contributed by atoms with Gasteiger partial charge in [0.1, 0.15) is 5.82 Å². The van der Waals surface area contributed by atoms with Gasteiger partial charge in [0.2, 0.25) is 11.3 Å². The summed E-state index contributed by atoms with van der Waals surface area (Å²) in [5, 5.41) is 8.96. The second kappa shape index (κ2) is 7.60. The van der Waals surface area contributed by atoms with E-state index in [9.17, 15) is 18.8 Å². The molecule has 0 bridgehead atoms. The maximum atomic E-state index is 15.0. The first kappa shape index (κ1) is 20.1. The number of rotatable bonds is 4. The van der Waals surface area contributed by atoms with Gasteiger partial charge >= 0.3 is 6.16 Å². The molecule has 1 saturated heterocycles. The highest BCUT2D eigenvalue weighted by molar-refractivity contribution is 5.85. The van der Waals surface area contributed by atoms with Crippen LogP contribution in [0.3, 0.4) is 0 Å². The molecule has 0 radical (unpaired) electrons. The summed E-state index contributed by atoms with van der Waals surface area (Å²) in [6, 6.07) is 2.30. The zero-order valence-electron chi connectivity index (χ0n) is 16.5. The normalized spacial score (nSPS) is 17.8. The number of benzene rings is 1. The monoisotopic (exact) mass is 418 g/mol. The second-order valence-corrected chi connectivity index (χ2v) is 7.75. The fraction of sp³-hybridized carbons (Fsp3) is 0.450. The van der Waals surface area contributed by atoms with Crippen LogP contribution < -0.4 is 20.8 Å². The predicted octanol–water partition coefficient (Wildman–Crippen LogP) is 1.53. The number of piperazine rings is 1. The summed E-state index contributed by atoms with van der Waals surface area (Å²) >= 11 is 0. The first-order chi connectivity index (χ1) is 14.3. The Hall–Kier alpha value is -3.14. The number of carbonyl (C=O) groups excluding carboxylic acids is 1. The lowest BCUT2D eigenvalue weighted by molar-refractivity contribution is -0.132. The van der Waals surface area contributed by atoms with Crippen LogP contribution in [0.5, 0.6) is 5.75 Å². The van der Waals surface area contributed by atoms with Crippen LogP contribution in [0.2, 0.25) is 0 Å². The van der Waals surface area contributed by atoms with E-state index in [4.69, 9.17) is 10.8 Å². The lowest BCUT2D eigenvalue weighted by Gasteiger charge is -2.37. The van der Waals surface area contributed by atoms with Crippen molar-refractivity contribution < 1.29 is 23.8 Å². The number of nitrogens with zero attached hydrogens (tertiary/aromatic N) is 3. The van der Waals surface area contributed by atoms with Gasteiger partial charge in [-0.2, -0.15) is 0 Å². The summed E-state index contributed by atoms with van der Waals surface area (Å²) in [5.41, 5.74) is 5.87. The van der Waals surface area contributed by atoms with Crippen molar-refractivity contribution in [1.82, 2.24) is 9.47 Å². The summed E-state index contributed by atoms with van der Waals surface area (Å²) in [6.45, 7) is 3.37. The maximum absolute atomic E-state index is 15.0. The number of carbonyl (C=O) groups is 2. The molecule has 1 aromatic carbocycles. The van der Waals surface area contributed by atoms with Crippen molar-refractivity contribution in [2.24, 2.45) is 5.73 Å². The van der Waals surface area contributed by atoms with Crippen LogP contribution in [-0.2, 0) is 4.79 Å². The maximum Gasteiger partial charge on any atom is 0.511 e. The molecule has 2 fully saturated rings. The summed E-state index contributed by atoms with van der Waals surface area (Å²) in [5.74, 6) is -1.05. The quantitative estimate of drug-likeness (QED) is 0.723. The number of fused-ring (bicyclic) bond motifs is 1. The molecule has 3 N–H and O–H groups in total. The molecule has 1 atom stereocenters. The van der Waals surface area contributed by atoms with Gasteiger partial charge in [0.05, 0.1) is 28.8 Å². The molecule has 2 heterocycles. The Kier molecular flexibility index (Phi) is 5.10. The molecule has 1 saturated carbocycles. The first-order valence-electron chi connectivity index (χ1n) is 9.84. The highest BCUT2D eigenvalue weighted by atomic mass is 19.1. The number of pyridine rings is 1. The molecule has 30 heavy (non-hydrogen) atoms. The van der Waals surface area contributed by atoms with Crippen LogP contribution in [-0.4, -0.2) is 58.9 Å². The Morgan fingerprint density at radius 1 is 1.23 bits per heavy atom. The van der Waals surface area contributed by atoms with Gasteiger partial charge in [0.15, 0.2) is 5.75 Å². The van der Waals surface area contributed by atoms with E-state index < -0.39 is 23.4 Å². The lowest BCUT2D eigenvalue weighted by atomic mass is 10.1. The third-order valence-corrected chi connectivity index (χ3v) is 5.53. The fourth-order valence-corrected chi connectivity index (χ4v) is 3.85. The highest BCUT2D eigenvalue weighted by Crippen LogP contribution is 2.39. The molecular formula is C20H23FN4O5. The van der Waals surface area contributed by atoms with Crippen molar-refractivity contribution in [1.29, 1.82) is 0 Å². The molecular weight excluding hydrogens is 395 g/mol. The van der Waals surface area contributed by atoms with Gasteiger partial charge in [0.25, 0.3) is 0 Å². The number of hydrogen-bond donors (Lipinski definition) is 2. The van der Waals surface area contributed by atoms with Crippen molar-refractivity contribution in [2.45, 2.75) is 31.8 Å². The number of amides is 1. The number of hydrogen-bond acceptors (Lipinski definition) is 6. The Labute approximate surface area is 171 Å². The standard InChI is InChI=1S/C20H23FN4O5/c1-11(22)19(27)24-6-4-23(5-7-24)16-9-15-13(8-14(16)21)18(26)17(30-20(28)29)10-25(15)12-2-3-12/h8-12H,2-7,22H2,1H3,(H,28,29). The summed E-state index contributed by atoms with van der Waals surface area (Å²) < 4.78 is 21.4. The number of ether oxygens (including phenoxy) is 1. The van der Waals surface area contributed by atoms with Crippen LogP contribution >= 0.6 is 0 Å². The Morgan fingerprint density at radius 2 is 1.90 bits per heavy atom. The summed E-state index contributed by atoms with van der Waals surface area (Å²) in [7, 11) is 0. The predicted molar refractivity (Wildman–Crippen MR) is 108 cm³/mol. The Balaban J connectivity index is 1.70. The van der Waals surface area contributed by atoms with Gasteiger partial charge in [0, 0.05) is 32.2 Å². The van der Waals surface area contributed by atoms with Gasteiger partial charge in [-0.25, -0.2) is 9.18 Å². The summed E-state index contributed by atoms with van der Waals surface area (Å²) in [4.78, 5) is 39.1. The Bertz CT molecular complexity index is 1070. The van der Waals surface area contributed by atoms with Crippen LogP contribution in [0, 0.1) is 5.82 Å². The minimum absolute atomic E-state index is 0.0765. The molecule has 1 aliphatic heterocycles. The zero-order chi connectivity index (χ0) is 21.6. The van der Waals surface area contributed by atoms with E-state index in [-0.39, 0.29) is 23.1 Å². The molecule has 2 aromatic rings. The molecule has 4 rings (SSSR count). The molecule has 1 aromatic heterocycles. The van der Waals surface area contributed by atoms with E-state index in [1.165, 1.54) is 6.20 Å². The summed E-state index contributed by atoms with van der Waals surface area (Å²) in [6.07, 6.45) is 1.56. The smallest absolute Gasteiger partial charge is 0.449 e. The lowest BCUT2D eigenvalue weighted by Crippen LogP contribution is -2.52. The third-order valence-electron chi connectivity index (χ3n) is 5.53. The largest absolute Gasteiger partial charge is 0.511 e. The van der Waals surface area contributed by atoms with E-state index in [2.05, 4.69) is 4.74 Å². The second-order valence-electron chi connectivity index (χ2n) is 7.75. The van der Waals surface area contributed by atoms with E-state index in [0.717, 1.165) is 18.9 Å². The number of carboxylic acid groups (broad SMARTS) is 1. The number of halogens is 1. The van der Waals surface area contributed by atoms with E-state index >= 15 is 0 Å². The minimum atomic E-state index is -1.59. The van der Waals surface area contributed by atoms with Gasteiger partial charge in [-0.05, 0) is 31.9 Å². The average molecular weight is 418 g/mol.